The number of hydrogen-bond acceptors (Lipinski definition) is 2. The van der Waals surface area contributed by atoms with E-state index in [0.717, 1.165) is 17.5 Å². The van der Waals surface area contributed by atoms with Crippen molar-refractivity contribution < 1.29 is 8.42 Å². The first-order chi connectivity index (χ1) is 9.03. The first-order valence-electron chi connectivity index (χ1n) is 6.20. The summed E-state index contributed by atoms with van der Waals surface area (Å²) >= 11 is 0. The fourth-order valence-electron chi connectivity index (χ4n) is 1.85. The summed E-state index contributed by atoms with van der Waals surface area (Å²) in [6, 6.07) is 14.3. The molecule has 0 spiro atoms. The molecule has 2 rings (SSSR count). The molecule has 3 nitrogen and oxygen atoms in total. The molecule has 0 heterocycles. The molecule has 0 bridgehead atoms. The second kappa shape index (κ2) is 5.45. The number of aryl methyl sites for hydroxylation is 2. The van der Waals surface area contributed by atoms with Crippen LogP contribution < -0.4 is 4.72 Å². The molecule has 100 valence electrons. The van der Waals surface area contributed by atoms with E-state index in [1.54, 1.807) is 30.3 Å². The third kappa shape index (κ3) is 3.15. The van der Waals surface area contributed by atoms with Crippen LogP contribution in [-0.2, 0) is 16.4 Å². The van der Waals surface area contributed by atoms with Crippen LogP contribution in [0.1, 0.15) is 18.1 Å². The summed E-state index contributed by atoms with van der Waals surface area (Å²) in [5, 5.41) is 0. The third-order valence-corrected chi connectivity index (χ3v) is 4.36. The summed E-state index contributed by atoms with van der Waals surface area (Å²) in [6.45, 7) is 3.93. The summed E-state index contributed by atoms with van der Waals surface area (Å²) in [6.07, 6.45) is 0.784. The van der Waals surface area contributed by atoms with Crippen LogP contribution in [-0.4, -0.2) is 8.42 Å². The van der Waals surface area contributed by atoms with Crippen LogP contribution in [0.25, 0.3) is 0 Å². The predicted molar refractivity (Wildman–Crippen MR) is 77.8 cm³/mol. The number of rotatable bonds is 4. The Balaban J connectivity index is 2.34. The minimum atomic E-state index is -3.51. The lowest BCUT2D eigenvalue weighted by molar-refractivity contribution is 0.601. The van der Waals surface area contributed by atoms with Gasteiger partial charge in [0.1, 0.15) is 0 Å². The average molecular weight is 275 g/mol. The van der Waals surface area contributed by atoms with E-state index in [1.165, 1.54) is 0 Å². The lowest BCUT2D eigenvalue weighted by Crippen LogP contribution is -2.14. The number of hydrogen-bond donors (Lipinski definition) is 1. The summed E-state index contributed by atoms with van der Waals surface area (Å²) < 4.78 is 27.2. The van der Waals surface area contributed by atoms with Gasteiger partial charge in [-0.15, -0.1) is 0 Å². The number of benzene rings is 2. The Morgan fingerprint density at radius 3 is 2.26 bits per heavy atom. The molecule has 0 atom stereocenters. The van der Waals surface area contributed by atoms with E-state index in [0.29, 0.717) is 5.69 Å². The van der Waals surface area contributed by atoms with Crippen LogP contribution in [0.15, 0.2) is 53.4 Å². The molecule has 0 saturated heterocycles. The molecule has 0 fully saturated rings. The standard InChI is InChI=1S/C15H17NO2S/c1-3-13-6-4-5-7-15(13)16-19(17,18)14-10-8-12(2)9-11-14/h4-11,16H,3H2,1-2H3. The SMILES string of the molecule is CCc1ccccc1NS(=O)(=O)c1ccc(C)cc1. The Kier molecular flexibility index (Phi) is 3.90. The molecule has 2 aromatic carbocycles. The zero-order chi connectivity index (χ0) is 13.9. The molecule has 0 aromatic heterocycles. The van der Waals surface area contributed by atoms with E-state index in [1.807, 2.05) is 32.0 Å². The molecule has 0 aliphatic carbocycles. The highest BCUT2D eigenvalue weighted by Gasteiger charge is 2.14. The van der Waals surface area contributed by atoms with Gasteiger partial charge in [-0.05, 0) is 37.1 Å². The average Bonchev–Trinajstić information content (AvgIpc) is 2.39. The summed E-state index contributed by atoms with van der Waals surface area (Å²) in [5.74, 6) is 0. The molecule has 0 unspecified atom stereocenters. The number of sulfonamides is 1. The molecule has 19 heavy (non-hydrogen) atoms. The van der Waals surface area contributed by atoms with Crippen molar-refractivity contribution in [2.75, 3.05) is 4.72 Å². The van der Waals surface area contributed by atoms with Crippen molar-refractivity contribution in [1.82, 2.24) is 0 Å². The van der Waals surface area contributed by atoms with Gasteiger partial charge in [-0.2, -0.15) is 0 Å². The van der Waals surface area contributed by atoms with Gasteiger partial charge in [-0.3, -0.25) is 4.72 Å². The van der Waals surface area contributed by atoms with Gasteiger partial charge in [0, 0.05) is 0 Å². The molecule has 0 amide bonds. The number of nitrogens with one attached hydrogen (secondary N) is 1. The molecule has 0 aliphatic heterocycles. The van der Waals surface area contributed by atoms with Gasteiger partial charge >= 0.3 is 0 Å². The van der Waals surface area contributed by atoms with Gasteiger partial charge in [0.15, 0.2) is 0 Å². The Bertz CT molecular complexity index is 661. The summed E-state index contributed by atoms with van der Waals surface area (Å²) in [4.78, 5) is 0.281. The lowest BCUT2D eigenvalue weighted by atomic mass is 10.1. The van der Waals surface area contributed by atoms with Crippen molar-refractivity contribution in [3.05, 3.63) is 59.7 Å². The van der Waals surface area contributed by atoms with Gasteiger partial charge in [0.2, 0.25) is 0 Å². The van der Waals surface area contributed by atoms with E-state index in [9.17, 15) is 8.42 Å². The minimum Gasteiger partial charge on any atom is -0.279 e. The molecular weight excluding hydrogens is 258 g/mol. The van der Waals surface area contributed by atoms with Crippen LogP contribution in [0.5, 0.6) is 0 Å². The van der Waals surface area contributed by atoms with Crippen molar-refractivity contribution in [2.45, 2.75) is 25.2 Å². The van der Waals surface area contributed by atoms with Crippen molar-refractivity contribution in [2.24, 2.45) is 0 Å². The second-order valence-electron chi connectivity index (χ2n) is 4.43. The number of anilines is 1. The molecule has 0 aliphatic rings. The minimum absolute atomic E-state index is 0.281. The Hall–Kier alpha value is -1.81. The molecule has 1 N–H and O–H groups in total. The first-order valence-corrected chi connectivity index (χ1v) is 7.68. The molecule has 0 radical (unpaired) electrons. The highest BCUT2D eigenvalue weighted by molar-refractivity contribution is 7.92. The van der Waals surface area contributed by atoms with Crippen LogP contribution in [0.4, 0.5) is 5.69 Å². The topological polar surface area (TPSA) is 46.2 Å². The predicted octanol–water partition coefficient (Wildman–Crippen LogP) is 3.36. The van der Waals surface area contributed by atoms with E-state index < -0.39 is 10.0 Å². The monoisotopic (exact) mass is 275 g/mol. The highest BCUT2D eigenvalue weighted by Crippen LogP contribution is 2.20. The molecule has 4 heteroatoms. The summed E-state index contributed by atoms with van der Waals surface area (Å²) in [5.41, 5.74) is 2.66. The van der Waals surface area contributed by atoms with Crippen molar-refractivity contribution >= 4 is 15.7 Å². The van der Waals surface area contributed by atoms with Gasteiger partial charge in [0.05, 0.1) is 10.6 Å². The van der Waals surface area contributed by atoms with E-state index >= 15 is 0 Å². The fraction of sp³-hybridized carbons (Fsp3) is 0.200. The summed E-state index contributed by atoms with van der Waals surface area (Å²) in [7, 11) is -3.51. The van der Waals surface area contributed by atoms with Crippen molar-refractivity contribution in [1.29, 1.82) is 0 Å². The normalized spacial score (nSPS) is 11.3. The second-order valence-corrected chi connectivity index (χ2v) is 6.11. The van der Waals surface area contributed by atoms with E-state index in [4.69, 9.17) is 0 Å². The largest absolute Gasteiger partial charge is 0.279 e. The Labute approximate surface area is 114 Å². The Morgan fingerprint density at radius 1 is 1.00 bits per heavy atom. The first kappa shape index (κ1) is 13.6. The van der Waals surface area contributed by atoms with Crippen LogP contribution >= 0.6 is 0 Å². The quantitative estimate of drug-likeness (QED) is 0.930. The zero-order valence-electron chi connectivity index (χ0n) is 11.1. The molecule has 0 saturated carbocycles. The Morgan fingerprint density at radius 2 is 1.63 bits per heavy atom. The maximum absolute atomic E-state index is 12.3. The highest BCUT2D eigenvalue weighted by atomic mass is 32.2. The van der Waals surface area contributed by atoms with Gasteiger partial charge in [-0.1, -0.05) is 42.8 Å². The van der Waals surface area contributed by atoms with Crippen LogP contribution in [0.2, 0.25) is 0 Å². The smallest absolute Gasteiger partial charge is 0.261 e. The zero-order valence-corrected chi connectivity index (χ0v) is 11.9. The van der Waals surface area contributed by atoms with Crippen molar-refractivity contribution in [3.8, 4) is 0 Å². The van der Waals surface area contributed by atoms with Gasteiger partial charge in [-0.25, -0.2) is 8.42 Å². The van der Waals surface area contributed by atoms with Gasteiger partial charge < -0.3 is 0 Å². The molecular formula is C15H17NO2S. The third-order valence-electron chi connectivity index (χ3n) is 2.97. The van der Waals surface area contributed by atoms with E-state index in [2.05, 4.69) is 4.72 Å². The lowest BCUT2D eigenvalue weighted by Gasteiger charge is -2.11. The van der Waals surface area contributed by atoms with Crippen LogP contribution in [0.3, 0.4) is 0 Å². The van der Waals surface area contributed by atoms with E-state index in [-0.39, 0.29) is 4.90 Å². The van der Waals surface area contributed by atoms with Gasteiger partial charge in [0.25, 0.3) is 10.0 Å². The number of para-hydroxylation sites is 1. The maximum atomic E-state index is 12.3. The fourth-order valence-corrected chi connectivity index (χ4v) is 2.95. The van der Waals surface area contributed by atoms with Crippen LogP contribution in [0, 0.1) is 6.92 Å². The maximum Gasteiger partial charge on any atom is 0.261 e. The van der Waals surface area contributed by atoms with Crippen molar-refractivity contribution in [3.63, 3.8) is 0 Å². The molecule has 2 aromatic rings.